The number of nitrogens with zero attached hydrogens (tertiary/aromatic N) is 4. The van der Waals surface area contributed by atoms with Crippen molar-refractivity contribution >= 4 is 29.3 Å². The first-order valence-electron chi connectivity index (χ1n) is 8.12. The average Bonchev–Trinajstić information content (AvgIpc) is 3.08. The molecule has 27 heavy (non-hydrogen) atoms. The van der Waals surface area contributed by atoms with Crippen molar-refractivity contribution in [2.45, 2.75) is 20.0 Å². The fourth-order valence-corrected chi connectivity index (χ4v) is 2.60. The Morgan fingerprint density at radius 3 is 3.04 bits per heavy atom. The van der Waals surface area contributed by atoms with Crippen molar-refractivity contribution in [1.82, 2.24) is 14.9 Å². The van der Waals surface area contributed by atoms with E-state index in [9.17, 15) is 9.18 Å². The van der Waals surface area contributed by atoms with Gasteiger partial charge in [0, 0.05) is 19.0 Å². The molecule has 2 aromatic heterocycles. The number of carbonyl (C=O) groups is 1. The molecule has 3 heterocycles. The van der Waals surface area contributed by atoms with Crippen LogP contribution in [0.2, 0.25) is 0 Å². The van der Waals surface area contributed by atoms with Gasteiger partial charge in [0.1, 0.15) is 5.82 Å². The number of nitrogens with one attached hydrogen (secondary N) is 1. The largest absolute Gasteiger partial charge is 0.396 e. The van der Waals surface area contributed by atoms with E-state index in [1.54, 1.807) is 25.3 Å². The van der Waals surface area contributed by atoms with Gasteiger partial charge in [0.05, 0.1) is 35.4 Å². The van der Waals surface area contributed by atoms with Crippen LogP contribution in [-0.4, -0.2) is 27.1 Å². The summed E-state index contributed by atoms with van der Waals surface area (Å²) in [5.41, 5.74) is 8.47. The van der Waals surface area contributed by atoms with E-state index >= 15 is 0 Å². The summed E-state index contributed by atoms with van der Waals surface area (Å²) >= 11 is 0. The number of fused-ring (bicyclic) bond motifs is 1. The van der Waals surface area contributed by atoms with Crippen LogP contribution in [0.5, 0.6) is 0 Å². The van der Waals surface area contributed by atoms with Crippen LogP contribution in [0.15, 0.2) is 35.6 Å². The fraction of sp³-hybridized carbons (Fsp3) is 0.158. The van der Waals surface area contributed by atoms with Crippen LogP contribution >= 0.6 is 0 Å². The average molecular weight is 364 g/mol. The van der Waals surface area contributed by atoms with Gasteiger partial charge in [-0.25, -0.2) is 14.2 Å². The Labute approximate surface area is 155 Å². The van der Waals surface area contributed by atoms with Gasteiger partial charge in [-0.05, 0) is 30.7 Å². The number of aliphatic imine (C=N–C) groups is 1. The number of aromatic nitrogens is 2. The molecular weight excluding hydrogens is 347 g/mol. The Morgan fingerprint density at radius 2 is 2.30 bits per heavy atom. The third-order valence-corrected chi connectivity index (χ3v) is 3.95. The quantitative estimate of drug-likeness (QED) is 0.646. The molecule has 2 aromatic rings. The minimum Gasteiger partial charge on any atom is -0.396 e. The number of nitrogens with two attached hydrogens (primary N) is 1. The molecule has 0 aromatic carbocycles. The van der Waals surface area contributed by atoms with Crippen LogP contribution in [0.25, 0.3) is 5.57 Å². The van der Waals surface area contributed by atoms with Crippen LogP contribution in [0.1, 0.15) is 23.9 Å². The Morgan fingerprint density at radius 1 is 1.48 bits per heavy atom. The number of nitrogen functional groups attached to an aromatic ring is 1. The zero-order chi connectivity index (χ0) is 19.4. The van der Waals surface area contributed by atoms with Gasteiger partial charge in [-0.15, -0.1) is 6.42 Å². The highest BCUT2D eigenvalue weighted by atomic mass is 19.1. The monoisotopic (exact) mass is 364 g/mol. The van der Waals surface area contributed by atoms with E-state index in [1.807, 2.05) is 0 Å². The van der Waals surface area contributed by atoms with Crippen molar-refractivity contribution in [2.24, 2.45) is 4.99 Å². The lowest BCUT2D eigenvalue weighted by molar-refractivity contribution is 0.212. The zero-order valence-electron chi connectivity index (χ0n) is 14.6. The van der Waals surface area contributed by atoms with Crippen molar-refractivity contribution in [3.8, 4) is 12.3 Å². The van der Waals surface area contributed by atoms with Gasteiger partial charge in [-0.1, -0.05) is 5.92 Å². The molecule has 8 heteroatoms. The van der Waals surface area contributed by atoms with Crippen molar-refractivity contribution in [3.05, 3.63) is 53.4 Å². The summed E-state index contributed by atoms with van der Waals surface area (Å²) in [4.78, 5) is 26.4. The van der Waals surface area contributed by atoms with E-state index in [-0.39, 0.29) is 18.9 Å². The Bertz CT molecular complexity index is 992. The summed E-state index contributed by atoms with van der Waals surface area (Å²) in [5.74, 6) is 2.26. The third-order valence-electron chi connectivity index (χ3n) is 3.95. The summed E-state index contributed by atoms with van der Waals surface area (Å²) in [6.45, 7) is 2.30. The van der Waals surface area contributed by atoms with E-state index in [0.29, 0.717) is 28.2 Å². The van der Waals surface area contributed by atoms with Crippen LogP contribution in [0.3, 0.4) is 0 Å². The maximum absolute atomic E-state index is 13.3. The van der Waals surface area contributed by atoms with E-state index in [4.69, 9.17) is 12.2 Å². The molecule has 1 aliphatic rings. The molecule has 0 bridgehead atoms. The maximum Gasteiger partial charge on any atom is 0.323 e. The lowest BCUT2D eigenvalue weighted by atomic mass is 10.2. The molecule has 0 radical (unpaired) electrons. The van der Waals surface area contributed by atoms with Crippen molar-refractivity contribution in [3.63, 3.8) is 0 Å². The minimum atomic E-state index is -0.432. The summed E-state index contributed by atoms with van der Waals surface area (Å²) in [6, 6.07) is 4.22. The van der Waals surface area contributed by atoms with Crippen LogP contribution in [-0.2, 0) is 13.1 Å². The maximum atomic E-state index is 13.3. The Kier molecular flexibility index (Phi) is 5.13. The second kappa shape index (κ2) is 7.66. The van der Waals surface area contributed by atoms with Gasteiger partial charge in [0.2, 0.25) is 0 Å². The SMILES string of the molecule is C#C/C(=C\N=C/C)c1ccc(N)c(NC(=O)N2Cc3cc(F)cnc3C2)n1. The molecular formula is C19H17FN6O. The van der Waals surface area contributed by atoms with Crippen molar-refractivity contribution in [1.29, 1.82) is 0 Å². The number of amides is 2. The van der Waals surface area contributed by atoms with Crippen molar-refractivity contribution in [2.75, 3.05) is 11.1 Å². The number of anilines is 2. The topological polar surface area (TPSA) is 96.5 Å². The van der Waals surface area contributed by atoms with Crippen LogP contribution in [0.4, 0.5) is 20.7 Å². The summed E-state index contributed by atoms with van der Waals surface area (Å²) in [6.07, 6.45) is 9.73. The number of rotatable bonds is 3. The molecule has 1 aliphatic heterocycles. The molecule has 0 saturated heterocycles. The highest BCUT2D eigenvalue weighted by Gasteiger charge is 2.25. The van der Waals surface area contributed by atoms with E-state index < -0.39 is 11.8 Å². The smallest absolute Gasteiger partial charge is 0.323 e. The minimum absolute atomic E-state index is 0.189. The van der Waals surface area contributed by atoms with Gasteiger partial charge < -0.3 is 10.6 Å². The highest BCUT2D eigenvalue weighted by molar-refractivity contribution is 5.92. The molecule has 0 unspecified atom stereocenters. The molecule has 7 nitrogen and oxygen atoms in total. The number of urea groups is 1. The number of pyridine rings is 2. The summed E-state index contributed by atoms with van der Waals surface area (Å²) in [5, 5.41) is 2.67. The van der Waals surface area contributed by atoms with Gasteiger partial charge in [-0.2, -0.15) is 0 Å². The summed E-state index contributed by atoms with van der Waals surface area (Å²) < 4.78 is 13.3. The number of hydrogen-bond acceptors (Lipinski definition) is 5. The summed E-state index contributed by atoms with van der Waals surface area (Å²) in [7, 11) is 0. The molecule has 0 fully saturated rings. The number of carbonyl (C=O) groups excluding carboxylic acids is 1. The first kappa shape index (κ1) is 18.1. The fourth-order valence-electron chi connectivity index (χ4n) is 2.60. The molecule has 136 valence electrons. The molecule has 2 amide bonds. The van der Waals surface area contributed by atoms with Crippen molar-refractivity contribution < 1.29 is 9.18 Å². The number of hydrogen-bond donors (Lipinski definition) is 2. The van der Waals surface area contributed by atoms with Crippen LogP contribution < -0.4 is 11.1 Å². The lowest BCUT2D eigenvalue weighted by Crippen LogP contribution is -2.31. The lowest BCUT2D eigenvalue weighted by Gasteiger charge is -2.17. The van der Waals surface area contributed by atoms with Gasteiger partial charge in [-0.3, -0.25) is 15.3 Å². The number of terminal acetylenes is 1. The highest BCUT2D eigenvalue weighted by Crippen LogP contribution is 2.24. The van der Waals surface area contributed by atoms with E-state index in [0.717, 1.165) is 6.20 Å². The predicted molar refractivity (Wildman–Crippen MR) is 102 cm³/mol. The molecule has 0 aliphatic carbocycles. The molecule has 0 saturated carbocycles. The van der Waals surface area contributed by atoms with Crippen LogP contribution in [0, 0.1) is 18.2 Å². The standard InChI is InChI=1S/C19H17FN6O/c1-3-12(8-22-4-2)16-6-5-15(21)18(24-16)25-19(27)26-10-13-7-14(20)9-23-17(13)11-26/h1,4-9H,10-11,21H2,2H3,(H,24,25,27)/b12-8+,22-4-. The second-order valence-corrected chi connectivity index (χ2v) is 5.77. The first-order valence-corrected chi connectivity index (χ1v) is 8.12. The molecule has 3 rings (SSSR count). The van der Waals surface area contributed by atoms with Gasteiger partial charge in [0.15, 0.2) is 5.82 Å². The third kappa shape index (κ3) is 3.93. The van der Waals surface area contributed by atoms with Gasteiger partial charge >= 0.3 is 6.03 Å². The molecule has 0 spiro atoms. The number of allylic oxidation sites excluding steroid dienone is 1. The predicted octanol–water partition coefficient (Wildman–Crippen LogP) is 2.81. The van der Waals surface area contributed by atoms with Gasteiger partial charge in [0.25, 0.3) is 0 Å². The zero-order valence-corrected chi connectivity index (χ0v) is 14.6. The molecule has 3 N–H and O–H groups in total. The Balaban J connectivity index is 1.79. The van der Waals surface area contributed by atoms with E-state index in [2.05, 4.69) is 26.2 Å². The second-order valence-electron chi connectivity index (χ2n) is 5.77. The van der Waals surface area contributed by atoms with E-state index in [1.165, 1.54) is 17.2 Å². The molecule has 0 atom stereocenters. The number of halogens is 1. The Hall–Kier alpha value is -3.73. The first-order chi connectivity index (χ1) is 13.0. The normalized spacial score (nSPS) is 13.5.